The Balaban J connectivity index is 1.96. The van der Waals surface area contributed by atoms with E-state index in [1.165, 1.54) is 0 Å². The minimum absolute atomic E-state index is 0.551. The Labute approximate surface area is 118 Å². The molecule has 0 saturated heterocycles. The predicted octanol–water partition coefficient (Wildman–Crippen LogP) is 2.86. The highest BCUT2D eigenvalue weighted by Crippen LogP contribution is 2.21. The van der Waals surface area contributed by atoms with E-state index >= 15 is 0 Å². The summed E-state index contributed by atoms with van der Waals surface area (Å²) in [6.07, 6.45) is 6.38. The summed E-state index contributed by atoms with van der Waals surface area (Å²) in [5.74, 6) is 0.755. The zero-order valence-electron chi connectivity index (χ0n) is 11.8. The molecule has 1 N–H and O–H groups in total. The van der Waals surface area contributed by atoms with Gasteiger partial charge in [-0.3, -0.25) is 0 Å². The standard InChI is InChI=1S/C15H19N3O2/c1-12-4-5-14(13(2)17-19)15(10-12)20-9-3-7-18-8-6-16-11-18/h4-6,8,10-11,19H,3,7,9H2,1-2H3. The van der Waals surface area contributed by atoms with Crippen LogP contribution in [-0.4, -0.2) is 27.1 Å². The molecule has 1 aromatic heterocycles. The maximum absolute atomic E-state index is 8.90. The van der Waals surface area contributed by atoms with Crippen molar-refractivity contribution >= 4 is 5.71 Å². The highest BCUT2D eigenvalue weighted by atomic mass is 16.5. The number of aryl methyl sites for hydroxylation is 2. The highest BCUT2D eigenvalue weighted by Gasteiger charge is 2.07. The van der Waals surface area contributed by atoms with Crippen LogP contribution in [-0.2, 0) is 6.54 Å². The van der Waals surface area contributed by atoms with E-state index < -0.39 is 0 Å². The van der Waals surface area contributed by atoms with Gasteiger partial charge < -0.3 is 14.5 Å². The van der Waals surface area contributed by atoms with E-state index in [9.17, 15) is 0 Å². The van der Waals surface area contributed by atoms with E-state index in [2.05, 4.69) is 10.1 Å². The smallest absolute Gasteiger partial charge is 0.128 e. The normalized spacial score (nSPS) is 11.6. The Morgan fingerprint density at radius 2 is 2.30 bits per heavy atom. The first-order valence-electron chi connectivity index (χ1n) is 6.59. The van der Waals surface area contributed by atoms with Crippen molar-refractivity contribution in [3.8, 4) is 5.75 Å². The highest BCUT2D eigenvalue weighted by molar-refractivity contribution is 6.00. The lowest BCUT2D eigenvalue weighted by atomic mass is 10.1. The van der Waals surface area contributed by atoms with Crippen LogP contribution in [0.4, 0.5) is 0 Å². The zero-order valence-corrected chi connectivity index (χ0v) is 11.8. The molecule has 0 radical (unpaired) electrons. The molecule has 0 amide bonds. The summed E-state index contributed by atoms with van der Waals surface area (Å²) in [6, 6.07) is 5.85. The summed E-state index contributed by atoms with van der Waals surface area (Å²) < 4.78 is 7.83. The Kier molecular flexibility index (Phi) is 4.76. The quantitative estimate of drug-likeness (QED) is 0.381. The molecule has 0 aliphatic rings. The molecule has 5 heteroatoms. The van der Waals surface area contributed by atoms with Crippen molar-refractivity contribution in [1.82, 2.24) is 9.55 Å². The molecule has 0 spiro atoms. The van der Waals surface area contributed by atoms with Crippen molar-refractivity contribution in [3.63, 3.8) is 0 Å². The van der Waals surface area contributed by atoms with Gasteiger partial charge in [0.1, 0.15) is 5.75 Å². The lowest BCUT2D eigenvalue weighted by molar-refractivity contribution is 0.299. The fourth-order valence-corrected chi connectivity index (χ4v) is 1.95. The molecule has 0 aliphatic carbocycles. The summed E-state index contributed by atoms with van der Waals surface area (Å²) in [5.41, 5.74) is 2.49. The van der Waals surface area contributed by atoms with Gasteiger partial charge in [0.2, 0.25) is 0 Å². The number of aromatic nitrogens is 2. The van der Waals surface area contributed by atoms with E-state index in [0.29, 0.717) is 12.3 Å². The number of benzene rings is 1. The first kappa shape index (κ1) is 14.1. The number of hydrogen-bond acceptors (Lipinski definition) is 4. The second kappa shape index (κ2) is 6.75. The fourth-order valence-electron chi connectivity index (χ4n) is 1.95. The van der Waals surface area contributed by atoms with Gasteiger partial charge in [-0.25, -0.2) is 4.98 Å². The van der Waals surface area contributed by atoms with Crippen LogP contribution in [0.2, 0.25) is 0 Å². The van der Waals surface area contributed by atoms with Crippen LogP contribution in [0, 0.1) is 6.92 Å². The van der Waals surface area contributed by atoms with Crippen molar-refractivity contribution in [1.29, 1.82) is 0 Å². The molecule has 0 bridgehead atoms. The van der Waals surface area contributed by atoms with Crippen molar-refractivity contribution in [2.75, 3.05) is 6.61 Å². The molecule has 1 heterocycles. The van der Waals surface area contributed by atoms with Crippen LogP contribution >= 0.6 is 0 Å². The average Bonchev–Trinajstić information content (AvgIpc) is 2.96. The Morgan fingerprint density at radius 3 is 3.00 bits per heavy atom. The second-order valence-corrected chi connectivity index (χ2v) is 4.69. The second-order valence-electron chi connectivity index (χ2n) is 4.69. The third-order valence-corrected chi connectivity index (χ3v) is 3.05. The van der Waals surface area contributed by atoms with Gasteiger partial charge in [-0.15, -0.1) is 0 Å². The molecule has 2 rings (SSSR count). The van der Waals surface area contributed by atoms with Gasteiger partial charge in [0, 0.05) is 24.5 Å². The number of ether oxygens (including phenoxy) is 1. The minimum atomic E-state index is 0.551. The summed E-state index contributed by atoms with van der Waals surface area (Å²) in [5, 5.41) is 12.1. The monoisotopic (exact) mass is 273 g/mol. The van der Waals surface area contributed by atoms with Gasteiger partial charge in [-0.2, -0.15) is 0 Å². The molecule has 0 atom stereocenters. The van der Waals surface area contributed by atoms with Crippen LogP contribution in [0.25, 0.3) is 0 Å². The Bertz CT molecular complexity index is 577. The molecule has 0 aliphatic heterocycles. The molecule has 5 nitrogen and oxygen atoms in total. The van der Waals surface area contributed by atoms with Gasteiger partial charge in [0.15, 0.2) is 0 Å². The molecule has 0 unspecified atom stereocenters. The van der Waals surface area contributed by atoms with E-state index in [0.717, 1.165) is 29.8 Å². The molecule has 106 valence electrons. The maximum Gasteiger partial charge on any atom is 0.128 e. The molecule has 2 aromatic rings. The van der Waals surface area contributed by atoms with Crippen molar-refractivity contribution in [2.45, 2.75) is 26.8 Å². The molecule has 20 heavy (non-hydrogen) atoms. The lowest BCUT2D eigenvalue weighted by Gasteiger charge is -2.12. The summed E-state index contributed by atoms with van der Waals surface area (Å²) >= 11 is 0. The molecular formula is C15H19N3O2. The van der Waals surface area contributed by atoms with Gasteiger partial charge in [-0.1, -0.05) is 11.2 Å². The molecule has 0 saturated carbocycles. The number of rotatable bonds is 6. The third-order valence-electron chi connectivity index (χ3n) is 3.05. The first-order chi connectivity index (χ1) is 9.70. The largest absolute Gasteiger partial charge is 0.493 e. The number of hydrogen-bond donors (Lipinski definition) is 1. The average molecular weight is 273 g/mol. The predicted molar refractivity (Wildman–Crippen MR) is 77.5 cm³/mol. The molecule has 0 fully saturated rings. The topological polar surface area (TPSA) is 59.6 Å². The van der Waals surface area contributed by atoms with Crippen molar-refractivity contribution < 1.29 is 9.94 Å². The van der Waals surface area contributed by atoms with Crippen LogP contribution < -0.4 is 4.74 Å². The number of imidazole rings is 1. The van der Waals surface area contributed by atoms with Crippen molar-refractivity contribution in [2.24, 2.45) is 5.16 Å². The minimum Gasteiger partial charge on any atom is -0.493 e. The summed E-state index contributed by atoms with van der Waals surface area (Å²) in [7, 11) is 0. The number of nitrogens with zero attached hydrogens (tertiary/aromatic N) is 3. The van der Waals surface area contributed by atoms with Crippen LogP contribution in [0.15, 0.2) is 42.1 Å². The van der Waals surface area contributed by atoms with Crippen molar-refractivity contribution in [3.05, 3.63) is 48.0 Å². The van der Waals surface area contributed by atoms with Crippen LogP contribution in [0.5, 0.6) is 5.75 Å². The maximum atomic E-state index is 8.90. The summed E-state index contributed by atoms with van der Waals surface area (Å²) in [6.45, 7) is 5.23. The van der Waals surface area contributed by atoms with E-state index in [-0.39, 0.29) is 0 Å². The zero-order chi connectivity index (χ0) is 14.4. The molecule has 1 aromatic carbocycles. The van der Waals surface area contributed by atoms with Crippen LogP contribution in [0.3, 0.4) is 0 Å². The third kappa shape index (κ3) is 3.60. The van der Waals surface area contributed by atoms with Gasteiger partial charge in [-0.05, 0) is 38.0 Å². The van der Waals surface area contributed by atoms with Gasteiger partial charge in [0.05, 0.1) is 18.6 Å². The lowest BCUT2D eigenvalue weighted by Crippen LogP contribution is -2.06. The number of oxime groups is 1. The first-order valence-corrected chi connectivity index (χ1v) is 6.59. The fraction of sp³-hybridized carbons (Fsp3) is 0.333. The SMILES string of the molecule is CC(=NO)c1ccc(C)cc1OCCCn1ccnc1. The van der Waals surface area contributed by atoms with Gasteiger partial charge >= 0.3 is 0 Å². The Hall–Kier alpha value is -2.30. The van der Waals surface area contributed by atoms with E-state index in [1.807, 2.05) is 35.9 Å². The van der Waals surface area contributed by atoms with Gasteiger partial charge in [0.25, 0.3) is 0 Å². The van der Waals surface area contributed by atoms with E-state index in [4.69, 9.17) is 9.94 Å². The summed E-state index contributed by atoms with van der Waals surface area (Å²) in [4.78, 5) is 4.00. The van der Waals surface area contributed by atoms with E-state index in [1.54, 1.807) is 19.4 Å². The molecular weight excluding hydrogens is 254 g/mol. The van der Waals surface area contributed by atoms with Crippen LogP contribution in [0.1, 0.15) is 24.5 Å². The Morgan fingerprint density at radius 1 is 1.45 bits per heavy atom.